The Hall–Kier alpha value is -5.63. The molecule has 0 saturated carbocycles. The van der Waals surface area contributed by atoms with Crippen molar-refractivity contribution in [3.8, 4) is 0 Å². The molecule has 0 aliphatic carbocycles. The summed E-state index contributed by atoms with van der Waals surface area (Å²) in [5.74, 6) is 1.96. The number of thioether (sulfide) groups is 2. The average Bonchev–Trinajstić information content (AvgIpc) is 0.805. The monoisotopic (exact) mass is 2110 g/mol. The molecule has 0 radical (unpaired) electrons. The predicted octanol–water partition coefficient (Wildman–Crippen LogP) is -1.30. The van der Waals surface area contributed by atoms with Crippen LogP contribution < -0.4 is 172 Å². The van der Waals surface area contributed by atoms with Gasteiger partial charge in [-0.05, 0) is 160 Å². The number of alkyl carbamates (subject to hydrolysis) is 6. The Labute approximate surface area is 929 Å². The first-order valence-corrected chi connectivity index (χ1v) is 47.8. The summed E-state index contributed by atoms with van der Waals surface area (Å²) in [6.07, 6.45) is 12.7. The van der Waals surface area contributed by atoms with Gasteiger partial charge in [0.2, 0.25) is 11.5 Å². The molecule has 2 aromatic rings. The fourth-order valence-electron chi connectivity index (χ4n) is 14.7. The molecular formula is C91H155ClK2N16O29S2. The van der Waals surface area contributed by atoms with E-state index in [4.69, 9.17) is 81.1 Å². The Morgan fingerprint density at radius 3 is 0.950 bits per heavy atom. The number of carbonyl (C=O) groups excluding carboxylic acids is 9. The van der Waals surface area contributed by atoms with Crippen molar-refractivity contribution in [1.29, 1.82) is 0 Å². The number of nitrogens with zero attached hydrogens (tertiary/aromatic N) is 4. The number of aliphatic hydroxyl groups excluding tert-OH is 3. The standard InChI is InChI=1S/C17H26N4O3S.C16H24N4O4S.C15H26N2O5.C14H26N2O4.C13H24N2O5.C13H24N2O4.C2H3ClO.CH2O3.2K.H/c1-4-8-23-17(22)21-11-14-9-13(10-18-3)12(2)15(24-14)25-16-19-6-5-7-20-16;1-3-7-23-16(22)20-10-12-8-11(9-17-2)13(21)14(24-12)25-15-18-5-4-6-19-15;1-5-6-20-15(19)17-9-13-7-12(8-16-4)10(2)14(22-13)21-11(3)18;1-5-6-19-14(17)16-9-12-7-11(8-15-3)10(2)13(18-4)20-12;1-4-5-19-13(17)15-8-10-6-9(7-14-2)11(16)12(18-3)20-10;1-4-5-18-13(17)15-8-11-6-10(7-14-3)9(2)12(16)19-11;1-2(3)4;2-1-4-3;;;/h4-7,12-15,18H,1,8-11H2,2-3H3,(H,21,22);3-6,11-14,17,21H,1,7-10H2,2H3,(H,20,22);5,10,12-14,16H,1,6-9H2,2-4H3,(H,17,19);5,10-13,15H,1,6-9H2,2-4H3,(H,16,17);4,9-12,14,16H,1,5-8H2,2-3H3,(H,15,17);4,9-12,14,16H,1,5-8H2,2-3H3,(H,15,17);1H3;1,3H;;;/q;;;;;;;;2*+1;-1/p-1/t12?,13-,14?,15?;11-,12?,13?,14?;10?,12-,13?,14?;10?,11-,12?,13+;9-,10?,11?,12+;9?,10-,11?,12?;;;;;/m111111...../s1. The zero-order valence-electron chi connectivity index (χ0n) is 85.5. The molecule has 0 bridgehead atoms. The molecule has 15 N–H and O–H groups in total. The SMILES string of the molecule is C=CCOC(=O)NCC1C[C@H](CNC)C(C)C(O)O1.C=CCOC(=O)NCC1C[C@H](CNC)C(C)C(OC(C)=O)O1.C=CCOC(=O)NCC1C[C@H](CNC)C(C)C(Sc2ncccn2)O1.C=CCOC(=O)NCC1C[C@H](CNC)C(C)[C@@H](OC)O1.C=CCOC(=O)NCC1C[C@H](CNC)C(O)C(Sc2ncccn2)O1.C=CCOC(=O)NCC1C[C@H](CNC)C(O)[C@@H](OC)O1.CC(=O)Cl.O=CO[O-].[H-].[K+].[K+]. The van der Waals surface area contributed by atoms with Gasteiger partial charge >= 0.3 is 145 Å². The van der Waals surface area contributed by atoms with E-state index in [1.54, 1.807) is 44.0 Å². The van der Waals surface area contributed by atoms with E-state index in [2.05, 4.69) is 154 Å². The van der Waals surface area contributed by atoms with Crippen molar-refractivity contribution in [1.82, 2.24) is 83.7 Å². The fraction of sp³-hybridized carbons (Fsp3) is 0.681. The fourth-order valence-corrected chi connectivity index (χ4v) is 16.8. The van der Waals surface area contributed by atoms with Crippen LogP contribution >= 0.6 is 35.1 Å². The van der Waals surface area contributed by atoms with Crippen LogP contribution in [0, 0.1) is 59.2 Å². The van der Waals surface area contributed by atoms with Crippen molar-refractivity contribution in [3.05, 3.63) is 113 Å². The Morgan fingerprint density at radius 1 is 0.404 bits per heavy atom. The van der Waals surface area contributed by atoms with Crippen molar-refractivity contribution < 1.29 is 244 Å². The normalized spacial score (nSPS) is 26.5. The van der Waals surface area contributed by atoms with E-state index >= 15 is 0 Å². The van der Waals surface area contributed by atoms with Crippen LogP contribution in [-0.2, 0) is 90.3 Å². The summed E-state index contributed by atoms with van der Waals surface area (Å²) in [6.45, 7) is 39.5. The number of nitrogens with one attached hydrogen (secondary N) is 12. The summed E-state index contributed by atoms with van der Waals surface area (Å²) < 4.78 is 79.7. The molecule has 6 aliphatic heterocycles. The van der Waals surface area contributed by atoms with Gasteiger partial charge in [0.05, 0.1) is 42.7 Å². The van der Waals surface area contributed by atoms with Gasteiger partial charge in [-0.2, -0.15) is 0 Å². The van der Waals surface area contributed by atoms with Crippen molar-refractivity contribution >= 4 is 89.4 Å². The minimum atomic E-state index is -0.789. The van der Waals surface area contributed by atoms with E-state index in [9.17, 15) is 53.7 Å². The molecule has 6 aliphatic rings. The Bertz CT molecular complexity index is 3600. The van der Waals surface area contributed by atoms with E-state index in [0.717, 1.165) is 51.9 Å². The number of halogens is 1. The largest absolute Gasteiger partial charge is 1.00 e. The Balaban J connectivity index is -0.00000160. The molecule has 8 rings (SSSR count). The first-order valence-electron chi connectivity index (χ1n) is 45.6. The van der Waals surface area contributed by atoms with E-state index in [1.165, 1.54) is 80.9 Å². The predicted molar refractivity (Wildman–Crippen MR) is 519 cm³/mol. The number of aliphatic hydroxyl groups is 3. The summed E-state index contributed by atoms with van der Waals surface area (Å²) in [4.78, 5) is 117. The third-order valence-electron chi connectivity index (χ3n) is 21.5. The van der Waals surface area contributed by atoms with Gasteiger partial charge in [-0.25, -0.2) is 48.7 Å². The molecule has 6 saturated heterocycles. The van der Waals surface area contributed by atoms with Gasteiger partial charge in [-0.3, -0.25) is 14.4 Å². The number of esters is 1. The molecule has 16 unspecified atom stereocenters. The van der Waals surface area contributed by atoms with Gasteiger partial charge in [0.25, 0.3) is 6.47 Å². The van der Waals surface area contributed by atoms with Gasteiger partial charge in [0, 0.05) is 135 Å². The minimum Gasteiger partial charge on any atom is -1.00 e. The maximum Gasteiger partial charge on any atom is 1.00 e. The van der Waals surface area contributed by atoms with E-state index in [0.29, 0.717) is 111 Å². The molecule has 24 atom stereocenters. The molecule has 2 aromatic heterocycles. The number of methoxy groups -OCH3 is 2. The summed E-state index contributed by atoms with van der Waals surface area (Å²) in [5.41, 5.74) is -0.573. The topological polar surface area (TPSA) is 581 Å². The van der Waals surface area contributed by atoms with Crippen molar-refractivity contribution in [2.24, 2.45) is 59.2 Å². The summed E-state index contributed by atoms with van der Waals surface area (Å²) in [7, 11) is 14.4. The molecule has 45 nitrogen and oxygen atoms in total. The van der Waals surface area contributed by atoms with Crippen LogP contribution in [0.4, 0.5) is 28.8 Å². The van der Waals surface area contributed by atoms with Crippen LogP contribution in [0.15, 0.2) is 123 Å². The van der Waals surface area contributed by atoms with Crippen LogP contribution in [0.25, 0.3) is 0 Å². The Kier molecular flexibility index (Phi) is 83.2. The quantitative estimate of drug-likeness (QED) is 0.00422. The number of ether oxygens (including phenoxy) is 15. The molecule has 0 spiro atoms. The van der Waals surface area contributed by atoms with Crippen LogP contribution in [0.3, 0.4) is 0 Å². The first-order chi connectivity index (χ1) is 66.7. The average molecular weight is 2120 g/mol. The third-order valence-corrected chi connectivity index (χ3v) is 23.8. The number of rotatable bonds is 44. The summed E-state index contributed by atoms with van der Waals surface area (Å²) >= 11 is 7.44. The van der Waals surface area contributed by atoms with Crippen molar-refractivity contribution in [2.75, 3.05) is 175 Å². The molecular weight excluding hydrogens is 1960 g/mol. The number of aromatic nitrogens is 4. The van der Waals surface area contributed by atoms with Crippen molar-refractivity contribution in [3.63, 3.8) is 0 Å². The van der Waals surface area contributed by atoms with Gasteiger partial charge in [-0.1, -0.05) is 127 Å². The second-order valence-electron chi connectivity index (χ2n) is 32.2. The molecule has 50 heteroatoms. The van der Waals surface area contributed by atoms with Gasteiger partial charge in [0.15, 0.2) is 29.2 Å². The number of hydrogen-bond acceptors (Lipinski definition) is 41. The molecule has 6 fully saturated rings. The van der Waals surface area contributed by atoms with E-state index in [1.807, 2.05) is 56.1 Å². The molecule has 794 valence electrons. The van der Waals surface area contributed by atoms with Gasteiger partial charge in [0.1, 0.15) is 56.6 Å². The zero-order chi connectivity index (χ0) is 104. The number of hydrogen-bond donors (Lipinski definition) is 15. The number of carbonyl (C=O) groups is 9. The maximum atomic E-state index is 11.6. The molecule has 8 heterocycles. The van der Waals surface area contributed by atoms with Crippen molar-refractivity contribution in [2.45, 2.75) is 175 Å². The van der Waals surface area contributed by atoms with E-state index in [-0.39, 0.29) is 234 Å². The second-order valence-corrected chi connectivity index (χ2v) is 34.8. The molecule has 141 heavy (non-hydrogen) atoms. The van der Waals surface area contributed by atoms with Crippen LogP contribution in [0.2, 0.25) is 0 Å². The third kappa shape index (κ3) is 61.7. The smallest absolute Gasteiger partial charge is 1.00 e. The molecule has 0 aromatic carbocycles. The van der Waals surface area contributed by atoms with Gasteiger partial charge in [-0.15, -0.1) is 0 Å². The first kappa shape index (κ1) is 137. The minimum absolute atomic E-state index is 0. The van der Waals surface area contributed by atoms with Crippen LogP contribution in [-0.4, -0.2) is 349 Å². The second kappa shape index (κ2) is 85.3. The summed E-state index contributed by atoms with van der Waals surface area (Å²) in [5, 5.41) is 74.6. The molecule has 6 amide bonds. The Morgan fingerprint density at radius 2 is 0.652 bits per heavy atom. The summed E-state index contributed by atoms with van der Waals surface area (Å²) in [6, 6.07) is 3.52. The van der Waals surface area contributed by atoms with Gasteiger partial charge < -0.3 is 162 Å². The number of amides is 6. The van der Waals surface area contributed by atoms with Crippen LogP contribution in [0.1, 0.15) is 81.5 Å². The van der Waals surface area contributed by atoms with E-state index < -0.39 is 73.1 Å². The maximum absolute atomic E-state index is 11.6. The zero-order valence-corrected chi connectivity index (χ0v) is 93.1. The van der Waals surface area contributed by atoms with Crippen LogP contribution in [0.5, 0.6) is 0 Å².